The van der Waals surface area contributed by atoms with Crippen LogP contribution in [-0.2, 0) is 23.1 Å². The summed E-state index contributed by atoms with van der Waals surface area (Å²) in [5, 5.41) is 9.88. The van der Waals surface area contributed by atoms with Crippen LogP contribution in [0.4, 0.5) is 0 Å². The van der Waals surface area contributed by atoms with Crippen LogP contribution >= 0.6 is 7.82 Å². The van der Waals surface area contributed by atoms with E-state index in [0.717, 1.165) is 64.2 Å². The Bertz CT molecular complexity index is 979. The van der Waals surface area contributed by atoms with Gasteiger partial charge in [0.2, 0.25) is 0 Å². The van der Waals surface area contributed by atoms with Crippen LogP contribution in [0.2, 0.25) is 0 Å². The van der Waals surface area contributed by atoms with E-state index in [-0.39, 0.29) is 19.2 Å². The molecule has 2 atom stereocenters. The average molecular weight is 681 g/mol. The molecule has 9 heteroatoms. The zero-order valence-corrected chi connectivity index (χ0v) is 30.9. The number of hydrogen-bond acceptors (Lipinski definition) is 6. The van der Waals surface area contributed by atoms with Crippen molar-refractivity contribution in [1.29, 1.82) is 0 Å². The van der Waals surface area contributed by atoms with Crippen molar-refractivity contribution in [3.63, 3.8) is 0 Å². The molecule has 2 unspecified atom stereocenters. The Morgan fingerprint density at radius 3 is 1.60 bits per heavy atom. The second-order valence-corrected chi connectivity index (χ2v) is 14.2. The minimum absolute atomic E-state index is 0.0490. The number of aliphatic hydroxyl groups is 1. The van der Waals surface area contributed by atoms with Crippen LogP contribution in [0.1, 0.15) is 110 Å². The van der Waals surface area contributed by atoms with E-state index in [1.807, 2.05) is 21.1 Å². The van der Waals surface area contributed by atoms with Gasteiger partial charge in [-0.05, 0) is 57.8 Å². The molecule has 0 saturated carbocycles. The molecule has 0 heterocycles. The highest BCUT2D eigenvalue weighted by molar-refractivity contribution is 7.47. The molecule has 0 aliphatic carbocycles. The number of phosphoric acid groups is 1. The van der Waals surface area contributed by atoms with Gasteiger partial charge in [-0.3, -0.25) is 13.8 Å². The molecule has 0 rings (SSSR count). The summed E-state index contributed by atoms with van der Waals surface area (Å²) in [4.78, 5) is 21.6. The van der Waals surface area contributed by atoms with Crippen LogP contribution in [0, 0.1) is 0 Å². The van der Waals surface area contributed by atoms with Crippen molar-refractivity contribution < 1.29 is 37.6 Å². The van der Waals surface area contributed by atoms with Gasteiger partial charge in [0, 0.05) is 6.42 Å². The zero-order valence-electron chi connectivity index (χ0n) is 30.0. The minimum atomic E-state index is -4.26. The first-order valence-electron chi connectivity index (χ1n) is 17.7. The van der Waals surface area contributed by atoms with Crippen molar-refractivity contribution in [2.45, 2.75) is 116 Å². The molecule has 0 fully saturated rings. The molecule has 0 aromatic carbocycles. The molecule has 0 aliphatic heterocycles. The molecule has 0 amide bonds. The molecular weight excluding hydrogens is 613 g/mol. The first-order valence-corrected chi connectivity index (χ1v) is 19.2. The maximum absolute atomic E-state index is 11.9. The summed E-state index contributed by atoms with van der Waals surface area (Å²) < 4.78 is 27.2. The zero-order chi connectivity index (χ0) is 34.9. The topological polar surface area (TPSA) is 102 Å². The first kappa shape index (κ1) is 44.9. The highest BCUT2D eigenvalue weighted by Crippen LogP contribution is 2.43. The summed E-state index contributed by atoms with van der Waals surface area (Å²) >= 11 is 0. The first-order chi connectivity index (χ1) is 22.6. The van der Waals surface area contributed by atoms with E-state index in [9.17, 15) is 19.4 Å². The number of nitrogens with zero attached hydrogens (tertiary/aromatic N) is 1. The van der Waals surface area contributed by atoms with E-state index in [4.69, 9.17) is 13.8 Å². The number of likely N-dealkylation sites (N-methyl/N-ethyl adjacent to an activating group) is 1. The van der Waals surface area contributed by atoms with Gasteiger partial charge in [-0.2, -0.15) is 0 Å². The molecule has 0 bridgehead atoms. The van der Waals surface area contributed by atoms with E-state index in [2.05, 4.69) is 79.8 Å². The van der Waals surface area contributed by atoms with Crippen molar-refractivity contribution >= 4 is 13.8 Å². The Balaban J connectivity index is 3.57. The number of carbonyl (C=O) groups is 1. The summed E-state index contributed by atoms with van der Waals surface area (Å²) in [6, 6.07) is 0. The van der Waals surface area contributed by atoms with Crippen molar-refractivity contribution in [1.82, 2.24) is 0 Å². The standard InChI is InChI=1S/C38H66NO7P/c1-5-6-7-8-9-10-11-12-13-14-15-16-17-18-19-20-21-22-23-24-25-26-27-28-29-30-31-32-38(41)44-35-37(40)36-46-47(42,43)45-34-33-39(2,3)4/h6-7,9-10,12-13,15-16,18-19,21-22,37,40H,5,8,11,14,17,20,23-36H2,1-4H3/p+1/b7-6-,10-9-,13-12-,16-15-,19-18-,22-21-. The quantitative estimate of drug-likeness (QED) is 0.0247. The molecule has 270 valence electrons. The molecule has 0 aromatic heterocycles. The fourth-order valence-electron chi connectivity index (χ4n) is 4.19. The van der Waals surface area contributed by atoms with Gasteiger partial charge < -0.3 is 19.2 Å². The Morgan fingerprint density at radius 2 is 1.11 bits per heavy atom. The van der Waals surface area contributed by atoms with Gasteiger partial charge in [0.15, 0.2) is 0 Å². The number of ether oxygens (including phenoxy) is 1. The van der Waals surface area contributed by atoms with Gasteiger partial charge in [0.1, 0.15) is 25.9 Å². The fraction of sp³-hybridized carbons (Fsp3) is 0.658. The molecule has 47 heavy (non-hydrogen) atoms. The van der Waals surface area contributed by atoms with E-state index in [0.29, 0.717) is 17.4 Å². The lowest BCUT2D eigenvalue weighted by Crippen LogP contribution is -2.37. The second kappa shape index (κ2) is 31.2. The molecular formula is C38H67NO7P+. The normalized spacial score (nSPS) is 14.9. The molecule has 0 aliphatic rings. The largest absolute Gasteiger partial charge is 0.472 e. The lowest BCUT2D eigenvalue weighted by Gasteiger charge is -2.24. The van der Waals surface area contributed by atoms with Crippen LogP contribution < -0.4 is 0 Å². The maximum atomic E-state index is 11.9. The molecule has 0 radical (unpaired) electrons. The summed E-state index contributed by atoms with van der Waals surface area (Å²) in [6.07, 6.45) is 42.0. The molecule has 0 aromatic rings. The van der Waals surface area contributed by atoms with Crippen LogP contribution in [0.5, 0.6) is 0 Å². The number of hydrogen-bond donors (Lipinski definition) is 2. The van der Waals surface area contributed by atoms with Crippen molar-refractivity contribution in [2.24, 2.45) is 0 Å². The minimum Gasteiger partial charge on any atom is -0.463 e. The Hall–Kier alpha value is -2.06. The fourth-order valence-corrected chi connectivity index (χ4v) is 4.94. The Labute approximate surface area is 287 Å². The number of aliphatic hydroxyl groups excluding tert-OH is 1. The van der Waals surface area contributed by atoms with Gasteiger partial charge in [-0.15, -0.1) is 0 Å². The number of unbranched alkanes of at least 4 members (excludes halogenated alkanes) is 8. The van der Waals surface area contributed by atoms with Crippen LogP contribution in [0.3, 0.4) is 0 Å². The number of phosphoric ester groups is 1. The molecule has 8 nitrogen and oxygen atoms in total. The number of esters is 1. The lowest BCUT2D eigenvalue weighted by atomic mass is 10.1. The van der Waals surface area contributed by atoms with Crippen LogP contribution in [0.15, 0.2) is 72.9 Å². The number of allylic oxidation sites excluding steroid dienone is 12. The summed E-state index contributed by atoms with van der Waals surface area (Å²) in [6.45, 7) is 2.00. The van der Waals surface area contributed by atoms with Gasteiger partial charge in [-0.1, -0.05) is 118 Å². The van der Waals surface area contributed by atoms with E-state index < -0.39 is 20.5 Å². The van der Waals surface area contributed by atoms with Gasteiger partial charge in [0.05, 0.1) is 27.7 Å². The van der Waals surface area contributed by atoms with Gasteiger partial charge in [-0.25, -0.2) is 4.57 Å². The van der Waals surface area contributed by atoms with Crippen LogP contribution in [0.25, 0.3) is 0 Å². The number of carbonyl (C=O) groups excluding carboxylic acids is 1. The monoisotopic (exact) mass is 680 g/mol. The summed E-state index contributed by atoms with van der Waals surface area (Å²) in [7, 11) is 1.54. The molecule has 2 N–H and O–H groups in total. The molecule has 0 spiro atoms. The Kier molecular flexibility index (Phi) is 29.9. The maximum Gasteiger partial charge on any atom is 0.472 e. The van der Waals surface area contributed by atoms with Crippen molar-refractivity contribution in [2.75, 3.05) is 47.5 Å². The van der Waals surface area contributed by atoms with E-state index in [1.54, 1.807) is 0 Å². The van der Waals surface area contributed by atoms with E-state index in [1.165, 1.54) is 32.1 Å². The predicted molar refractivity (Wildman–Crippen MR) is 196 cm³/mol. The van der Waals surface area contributed by atoms with Crippen molar-refractivity contribution in [3.05, 3.63) is 72.9 Å². The third-order valence-electron chi connectivity index (χ3n) is 6.98. The van der Waals surface area contributed by atoms with Crippen LogP contribution in [-0.4, -0.2) is 74.1 Å². The average Bonchev–Trinajstić information content (AvgIpc) is 3.01. The smallest absolute Gasteiger partial charge is 0.463 e. The third-order valence-corrected chi connectivity index (χ3v) is 7.97. The lowest BCUT2D eigenvalue weighted by molar-refractivity contribution is -0.870. The summed E-state index contributed by atoms with van der Waals surface area (Å²) in [5.74, 6) is -0.384. The second-order valence-electron chi connectivity index (χ2n) is 12.7. The predicted octanol–water partition coefficient (Wildman–Crippen LogP) is 9.33. The number of rotatable bonds is 31. The highest BCUT2D eigenvalue weighted by atomic mass is 31.2. The summed E-state index contributed by atoms with van der Waals surface area (Å²) in [5.41, 5.74) is 0. The number of quaternary nitrogens is 1. The SMILES string of the molecule is CC/C=C\C/C=C\C/C=C\C/C=C\C/C=C\C/C=C\CCCCCCCCCCC(=O)OCC(O)COP(=O)(O)OCC[N+](C)(C)C. The van der Waals surface area contributed by atoms with E-state index >= 15 is 0 Å². The highest BCUT2D eigenvalue weighted by Gasteiger charge is 2.24. The van der Waals surface area contributed by atoms with Gasteiger partial charge in [0.25, 0.3) is 0 Å². The Morgan fingerprint density at radius 1 is 0.660 bits per heavy atom. The third kappa shape index (κ3) is 36.6. The van der Waals surface area contributed by atoms with Crippen molar-refractivity contribution in [3.8, 4) is 0 Å². The molecule has 0 saturated heterocycles. The van der Waals surface area contributed by atoms with Gasteiger partial charge >= 0.3 is 13.8 Å².